The summed E-state index contributed by atoms with van der Waals surface area (Å²) in [5.74, 6) is 0. The lowest BCUT2D eigenvalue weighted by Gasteiger charge is -2.28. The standard InChI is InChI=1S/C29H31N5S/c1-5-23-10-8-9-19(2)27(23)34-20(3)17-24(21(34)4)28-26(25-11-6-7-14-31-25)32-29(35)33(28)18-22-12-15-30-16-13-22/h6-17,26,28H,5,18H2,1-4H3,(H,32,35). The molecule has 35 heavy (non-hydrogen) atoms. The highest BCUT2D eigenvalue weighted by Crippen LogP contribution is 2.42. The summed E-state index contributed by atoms with van der Waals surface area (Å²) in [7, 11) is 0. The van der Waals surface area contributed by atoms with Gasteiger partial charge in [-0.25, -0.2) is 0 Å². The number of benzene rings is 1. The smallest absolute Gasteiger partial charge is 0.170 e. The van der Waals surface area contributed by atoms with Gasteiger partial charge in [-0.3, -0.25) is 9.97 Å². The number of aryl methyl sites for hydroxylation is 3. The van der Waals surface area contributed by atoms with Crippen LogP contribution in [0, 0.1) is 20.8 Å². The van der Waals surface area contributed by atoms with Gasteiger partial charge in [-0.1, -0.05) is 31.2 Å². The van der Waals surface area contributed by atoms with Crippen molar-refractivity contribution in [1.82, 2.24) is 24.8 Å². The maximum atomic E-state index is 5.90. The lowest BCUT2D eigenvalue weighted by molar-refractivity contribution is 0.310. The molecule has 0 bridgehead atoms. The fourth-order valence-corrected chi connectivity index (χ4v) is 5.66. The highest BCUT2D eigenvalue weighted by Gasteiger charge is 2.41. The molecule has 0 radical (unpaired) electrons. The summed E-state index contributed by atoms with van der Waals surface area (Å²) < 4.78 is 2.42. The molecular formula is C29H31N5S. The van der Waals surface area contributed by atoms with Gasteiger partial charge in [0.15, 0.2) is 5.11 Å². The van der Waals surface area contributed by atoms with Gasteiger partial charge in [-0.05, 0) is 92.0 Å². The largest absolute Gasteiger partial charge is 0.352 e. The van der Waals surface area contributed by atoms with E-state index in [1.807, 2.05) is 30.7 Å². The van der Waals surface area contributed by atoms with Crippen molar-refractivity contribution in [2.45, 2.75) is 52.7 Å². The minimum absolute atomic E-state index is 0.0135. The molecule has 3 aromatic heterocycles. The molecule has 0 aliphatic carbocycles. The minimum atomic E-state index is -0.0398. The Hall–Kier alpha value is -3.51. The van der Waals surface area contributed by atoms with E-state index in [4.69, 9.17) is 17.2 Å². The Balaban J connectivity index is 1.66. The monoisotopic (exact) mass is 481 g/mol. The second kappa shape index (κ2) is 9.62. The molecule has 1 aliphatic heterocycles. The van der Waals surface area contributed by atoms with Crippen molar-refractivity contribution < 1.29 is 0 Å². The number of pyridine rings is 2. The third-order valence-corrected chi connectivity index (χ3v) is 7.37. The number of para-hydroxylation sites is 1. The van der Waals surface area contributed by atoms with Crippen molar-refractivity contribution in [1.29, 1.82) is 0 Å². The van der Waals surface area contributed by atoms with Gasteiger partial charge in [0.05, 0.1) is 23.5 Å². The van der Waals surface area contributed by atoms with Crippen molar-refractivity contribution in [3.63, 3.8) is 0 Å². The van der Waals surface area contributed by atoms with Crippen molar-refractivity contribution in [3.05, 3.63) is 113 Å². The summed E-state index contributed by atoms with van der Waals surface area (Å²) in [6.45, 7) is 9.56. The van der Waals surface area contributed by atoms with Crippen LogP contribution in [0.3, 0.4) is 0 Å². The van der Waals surface area contributed by atoms with E-state index < -0.39 is 0 Å². The molecule has 2 unspecified atom stereocenters. The summed E-state index contributed by atoms with van der Waals surface area (Å²) in [6, 6.07) is 19.1. The van der Waals surface area contributed by atoms with Crippen molar-refractivity contribution in [2.24, 2.45) is 0 Å². The zero-order valence-corrected chi connectivity index (χ0v) is 21.5. The molecule has 1 aliphatic rings. The highest BCUT2D eigenvalue weighted by molar-refractivity contribution is 7.80. The van der Waals surface area contributed by atoms with Crippen LogP contribution in [0.25, 0.3) is 5.69 Å². The van der Waals surface area contributed by atoms with Crippen LogP contribution in [0.5, 0.6) is 0 Å². The maximum absolute atomic E-state index is 5.90. The molecule has 6 heteroatoms. The molecule has 4 aromatic rings. The number of thiocarbonyl (C=S) groups is 1. The summed E-state index contributed by atoms with van der Waals surface area (Å²) >= 11 is 5.90. The summed E-state index contributed by atoms with van der Waals surface area (Å²) in [6.07, 6.45) is 6.52. The predicted molar refractivity (Wildman–Crippen MR) is 145 cm³/mol. The zero-order chi connectivity index (χ0) is 24.5. The minimum Gasteiger partial charge on any atom is -0.352 e. The summed E-state index contributed by atoms with van der Waals surface area (Å²) in [5.41, 5.74) is 9.83. The Morgan fingerprint density at radius 1 is 0.971 bits per heavy atom. The number of rotatable bonds is 6. The van der Waals surface area contributed by atoms with Gasteiger partial charge in [0.2, 0.25) is 0 Å². The average Bonchev–Trinajstić information content (AvgIpc) is 3.35. The van der Waals surface area contributed by atoms with Crippen LogP contribution in [0.1, 0.15) is 58.3 Å². The molecule has 0 amide bonds. The fourth-order valence-electron chi connectivity index (χ4n) is 5.36. The van der Waals surface area contributed by atoms with E-state index in [1.54, 1.807) is 0 Å². The maximum Gasteiger partial charge on any atom is 0.170 e. The highest BCUT2D eigenvalue weighted by atomic mass is 32.1. The Kier molecular flexibility index (Phi) is 6.39. The molecular weight excluding hydrogens is 450 g/mol. The van der Waals surface area contributed by atoms with Crippen LogP contribution in [-0.4, -0.2) is 24.5 Å². The van der Waals surface area contributed by atoms with Gasteiger partial charge in [0.25, 0.3) is 0 Å². The van der Waals surface area contributed by atoms with Crippen LogP contribution >= 0.6 is 12.2 Å². The van der Waals surface area contributed by atoms with Crippen molar-refractivity contribution >= 4 is 17.3 Å². The molecule has 2 atom stereocenters. The molecule has 0 spiro atoms. The Labute approximate surface area is 212 Å². The number of hydrogen-bond acceptors (Lipinski definition) is 3. The van der Waals surface area contributed by atoms with Gasteiger partial charge >= 0.3 is 0 Å². The topological polar surface area (TPSA) is 46.0 Å². The molecule has 1 saturated heterocycles. The lowest BCUT2D eigenvalue weighted by atomic mass is 9.96. The molecule has 1 N–H and O–H groups in total. The van der Waals surface area contributed by atoms with Crippen molar-refractivity contribution in [2.75, 3.05) is 0 Å². The number of nitrogens with one attached hydrogen (secondary N) is 1. The van der Waals surface area contributed by atoms with Crippen LogP contribution in [0.2, 0.25) is 0 Å². The number of aromatic nitrogens is 3. The number of hydrogen-bond donors (Lipinski definition) is 1. The Bertz CT molecular complexity index is 1350. The summed E-state index contributed by atoms with van der Waals surface area (Å²) in [5, 5.41) is 4.34. The number of nitrogens with zero attached hydrogens (tertiary/aromatic N) is 4. The summed E-state index contributed by atoms with van der Waals surface area (Å²) in [4.78, 5) is 11.2. The lowest BCUT2D eigenvalue weighted by Crippen LogP contribution is -2.29. The van der Waals surface area contributed by atoms with E-state index in [9.17, 15) is 0 Å². The van der Waals surface area contributed by atoms with E-state index in [1.165, 1.54) is 39.3 Å². The molecule has 178 valence electrons. The van der Waals surface area contributed by atoms with Crippen molar-refractivity contribution in [3.8, 4) is 5.69 Å². The first-order chi connectivity index (χ1) is 17.0. The third kappa shape index (κ3) is 4.23. The molecule has 0 saturated carbocycles. The first-order valence-electron chi connectivity index (χ1n) is 12.1. The van der Waals surface area contributed by atoms with Crippen LogP contribution in [-0.2, 0) is 13.0 Å². The molecule has 5 nitrogen and oxygen atoms in total. The van der Waals surface area contributed by atoms with E-state index >= 15 is 0 Å². The normalized spacial score (nSPS) is 17.6. The second-order valence-electron chi connectivity index (χ2n) is 9.21. The third-order valence-electron chi connectivity index (χ3n) is 7.01. The first kappa shape index (κ1) is 23.2. The average molecular weight is 482 g/mol. The van der Waals surface area contributed by atoms with Gasteiger partial charge in [0.1, 0.15) is 0 Å². The van der Waals surface area contributed by atoms with Crippen LogP contribution in [0.15, 0.2) is 73.2 Å². The van der Waals surface area contributed by atoms with E-state index in [0.717, 1.165) is 17.2 Å². The second-order valence-corrected chi connectivity index (χ2v) is 9.59. The SMILES string of the molecule is CCc1cccc(C)c1-n1c(C)cc(C2C(c3ccccn3)NC(=S)N2Cc2ccncc2)c1C. The quantitative estimate of drug-likeness (QED) is 0.346. The van der Waals surface area contributed by atoms with Gasteiger partial charge in [0, 0.05) is 36.5 Å². The van der Waals surface area contributed by atoms with Crippen LogP contribution < -0.4 is 5.32 Å². The zero-order valence-electron chi connectivity index (χ0n) is 20.7. The molecule has 1 fully saturated rings. The Morgan fingerprint density at radius 3 is 2.49 bits per heavy atom. The molecule has 1 aromatic carbocycles. The molecule has 5 rings (SSSR count). The van der Waals surface area contributed by atoms with Gasteiger partial charge in [-0.15, -0.1) is 0 Å². The van der Waals surface area contributed by atoms with Gasteiger partial charge in [-0.2, -0.15) is 0 Å². The fraction of sp³-hybridized carbons (Fsp3) is 0.276. The van der Waals surface area contributed by atoms with E-state index in [2.05, 4.69) is 89.9 Å². The van der Waals surface area contributed by atoms with E-state index in [-0.39, 0.29) is 12.1 Å². The molecule has 4 heterocycles. The first-order valence-corrected chi connectivity index (χ1v) is 12.5. The Morgan fingerprint density at radius 2 is 1.77 bits per heavy atom. The van der Waals surface area contributed by atoms with Gasteiger partial charge < -0.3 is 14.8 Å². The predicted octanol–water partition coefficient (Wildman–Crippen LogP) is 5.93. The van der Waals surface area contributed by atoms with E-state index in [0.29, 0.717) is 6.54 Å². The van der Waals surface area contributed by atoms with Crippen LogP contribution in [0.4, 0.5) is 0 Å².